The van der Waals surface area contributed by atoms with Gasteiger partial charge in [0.1, 0.15) is 10.7 Å². The van der Waals surface area contributed by atoms with Crippen LogP contribution < -0.4 is 10.6 Å². The third-order valence-electron chi connectivity index (χ3n) is 2.12. The van der Waals surface area contributed by atoms with Crippen molar-refractivity contribution in [3.05, 3.63) is 18.0 Å². The molecule has 0 aliphatic rings. The highest BCUT2D eigenvalue weighted by atomic mass is 32.1. The van der Waals surface area contributed by atoms with Crippen LogP contribution in [-0.4, -0.2) is 54.1 Å². The summed E-state index contributed by atoms with van der Waals surface area (Å²) in [5.41, 5.74) is 6.13. The third-order valence-corrected chi connectivity index (χ3v) is 2.33. The maximum atomic E-state index is 5.52. The fraction of sp³-hybridized carbons (Fsp3) is 0.500. The minimum absolute atomic E-state index is 0.296. The van der Waals surface area contributed by atoms with Gasteiger partial charge in [0.25, 0.3) is 0 Å². The SMILES string of the molecule is CN(C)CCN(C)c1nccc(C(N)=S)n1. The Morgan fingerprint density at radius 2 is 2.06 bits per heavy atom. The molecule has 2 N–H and O–H groups in total. The highest BCUT2D eigenvalue weighted by Gasteiger charge is 2.06. The number of nitrogens with zero attached hydrogens (tertiary/aromatic N) is 4. The summed E-state index contributed by atoms with van der Waals surface area (Å²) in [7, 11) is 6.00. The monoisotopic (exact) mass is 239 g/mol. The maximum absolute atomic E-state index is 5.52. The average molecular weight is 239 g/mol. The number of aromatic nitrogens is 2. The van der Waals surface area contributed by atoms with Gasteiger partial charge in [0.2, 0.25) is 5.95 Å². The highest BCUT2D eigenvalue weighted by Crippen LogP contribution is 2.05. The molecule has 5 nitrogen and oxygen atoms in total. The van der Waals surface area contributed by atoms with Gasteiger partial charge < -0.3 is 15.5 Å². The normalized spacial score (nSPS) is 10.5. The highest BCUT2D eigenvalue weighted by molar-refractivity contribution is 7.80. The smallest absolute Gasteiger partial charge is 0.225 e. The Balaban J connectivity index is 2.71. The van der Waals surface area contributed by atoms with E-state index in [-0.39, 0.29) is 0 Å². The number of nitrogens with two attached hydrogens (primary N) is 1. The molecule has 1 aromatic rings. The van der Waals surface area contributed by atoms with Crippen molar-refractivity contribution in [2.75, 3.05) is 39.1 Å². The second kappa shape index (κ2) is 5.72. The molecule has 0 aliphatic carbocycles. The molecule has 6 heteroatoms. The molecule has 1 aromatic heterocycles. The van der Waals surface area contributed by atoms with Crippen molar-refractivity contribution in [1.82, 2.24) is 14.9 Å². The fourth-order valence-electron chi connectivity index (χ4n) is 1.12. The van der Waals surface area contributed by atoms with Crippen molar-refractivity contribution in [2.45, 2.75) is 0 Å². The Hall–Kier alpha value is -1.27. The lowest BCUT2D eigenvalue weighted by Crippen LogP contribution is -2.30. The lowest BCUT2D eigenvalue weighted by atomic mass is 10.4. The van der Waals surface area contributed by atoms with E-state index in [4.69, 9.17) is 18.0 Å². The van der Waals surface area contributed by atoms with Crippen LogP contribution in [0.5, 0.6) is 0 Å². The molecule has 0 amide bonds. The van der Waals surface area contributed by atoms with Crippen LogP contribution in [0.4, 0.5) is 5.95 Å². The second-order valence-electron chi connectivity index (χ2n) is 3.83. The molecule has 0 spiro atoms. The maximum Gasteiger partial charge on any atom is 0.225 e. The van der Waals surface area contributed by atoms with Gasteiger partial charge in [-0.1, -0.05) is 12.2 Å². The summed E-state index contributed by atoms with van der Waals surface area (Å²) in [4.78, 5) is 12.8. The van der Waals surface area contributed by atoms with Crippen LogP contribution in [0.2, 0.25) is 0 Å². The van der Waals surface area contributed by atoms with Gasteiger partial charge in [-0.25, -0.2) is 9.97 Å². The van der Waals surface area contributed by atoms with Crippen LogP contribution in [0, 0.1) is 0 Å². The topological polar surface area (TPSA) is 58.3 Å². The van der Waals surface area contributed by atoms with Gasteiger partial charge in [0.15, 0.2) is 0 Å². The summed E-state index contributed by atoms with van der Waals surface area (Å²) in [5, 5.41) is 0. The number of hydrogen-bond acceptors (Lipinski definition) is 5. The summed E-state index contributed by atoms with van der Waals surface area (Å²) in [6.07, 6.45) is 1.67. The van der Waals surface area contributed by atoms with Crippen LogP contribution in [-0.2, 0) is 0 Å². The molecule has 0 atom stereocenters. The molecule has 0 aromatic carbocycles. The molecular formula is C10H17N5S. The van der Waals surface area contributed by atoms with Crippen molar-refractivity contribution in [3.8, 4) is 0 Å². The third kappa shape index (κ3) is 3.71. The van der Waals surface area contributed by atoms with Gasteiger partial charge in [-0.05, 0) is 20.2 Å². The molecular weight excluding hydrogens is 222 g/mol. The van der Waals surface area contributed by atoms with E-state index in [1.807, 2.05) is 26.0 Å². The molecule has 0 bridgehead atoms. The van der Waals surface area contributed by atoms with Gasteiger partial charge in [0.05, 0.1) is 0 Å². The Morgan fingerprint density at radius 3 is 2.62 bits per heavy atom. The first-order chi connectivity index (χ1) is 7.50. The number of hydrogen-bond donors (Lipinski definition) is 1. The Labute approximate surface area is 101 Å². The van der Waals surface area contributed by atoms with Crippen molar-refractivity contribution < 1.29 is 0 Å². The molecule has 0 fully saturated rings. The van der Waals surface area contributed by atoms with Crippen LogP contribution in [0.25, 0.3) is 0 Å². The van der Waals surface area contributed by atoms with E-state index in [2.05, 4.69) is 14.9 Å². The second-order valence-corrected chi connectivity index (χ2v) is 4.27. The standard InChI is InChI=1S/C10H17N5S/c1-14(2)6-7-15(3)10-12-5-4-8(13-10)9(11)16/h4-5H,6-7H2,1-3H3,(H2,11,16). The Bertz CT molecular complexity index is 366. The Morgan fingerprint density at radius 1 is 1.38 bits per heavy atom. The van der Waals surface area contributed by atoms with E-state index in [0.29, 0.717) is 16.6 Å². The molecule has 0 aliphatic heterocycles. The van der Waals surface area contributed by atoms with E-state index >= 15 is 0 Å². The van der Waals surface area contributed by atoms with Crippen molar-refractivity contribution in [3.63, 3.8) is 0 Å². The van der Waals surface area contributed by atoms with Crippen LogP contribution >= 0.6 is 12.2 Å². The van der Waals surface area contributed by atoms with Gasteiger partial charge in [-0.3, -0.25) is 0 Å². The molecule has 0 saturated heterocycles. The summed E-state index contributed by atoms with van der Waals surface area (Å²) < 4.78 is 0. The number of anilines is 1. The molecule has 0 unspecified atom stereocenters. The van der Waals surface area contributed by atoms with Crippen molar-refractivity contribution >= 4 is 23.2 Å². The van der Waals surface area contributed by atoms with Gasteiger partial charge in [0, 0.05) is 26.3 Å². The van der Waals surface area contributed by atoms with Gasteiger partial charge in [-0.15, -0.1) is 0 Å². The lowest BCUT2D eigenvalue weighted by molar-refractivity contribution is 0.415. The predicted octanol–water partition coefficient (Wildman–Crippen LogP) is 0.109. The van der Waals surface area contributed by atoms with Crippen LogP contribution in [0.1, 0.15) is 5.69 Å². The molecule has 0 radical (unpaired) electrons. The van der Waals surface area contributed by atoms with Gasteiger partial charge in [-0.2, -0.15) is 0 Å². The fourth-order valence-corrected chi connectivity index (χ4v) is 1.23. The number of likely N-dealkylation sites (N-methyl/N-ethyl adjacent to an activating group) is 2. The van der Waals surface area contributed by atoms with E-state index in [1.54, 1.807) is 12.3 Å². The summed E-state index contributed by atoms with van der Waals surface area (Å²) in [6.45, 7) is 1.80. The molecule has 16 heavy (non-hydrogen) atoms. The minimum Gasteiger partial charge on any atom is -0.388 e. The lowest BCUT2D eigenvalue weighted by Gasteiger charge is -2.19. The molecule has 1 rings (SSSR count). The zero-order valence-electron chi connectivity index (χ0n) is 9.84. The first-order valence-electron chi connectivity index (χ1n) is 4.99. The largest absolute Gasteiger partial charge is 0.388 e. The average Bonchev–Trinajstić information content (AvgIpc) is 2.26. The van der Waals surface area contributed by atoms with Gasteiger partial charge >= 0.3 is 0 Å². The first kappa shape index (κ1) is 12.8. The van der Waals surface area contributed by atoms with Crippen molar-refractivity contribution in [1.29, 1.82) is 0 Å². The zero-order valence-corrected chi connectivity index (χ0v) is 10.7. The molecule has 0 saturated carbocycles. The number of thiocarbonyl (C=S) groups is 1. The Kier molecular flexibility index (Phi) is 4.57. The predicted molar refractivity (Wildman–Crippen MR) is 69.7 cm³/mol. The van der Waals surface area contributed by atoms with E-state index in [9.17, 15) is 0 Å². The summed E-state index contributed by atoms with van der Waals surface area (Å²) >= 11 is 4.88. The first-order valence-corrected chi connectivity index (χ1v) is 5.40. The molecule has 1 heterocycles. The van der Waals surface area contributed by atoms with Crippen LogP contribution in [0.15, 0.2) is 12.3 Å². The quantitative estimate of drug-likeness (QED) is 0.736. The molecule has 88 valence electrons. The number of rotatable bonds is 5. The zero-order chi connectivity index (χ0) is 12.1. The minimum atomic E-state index is 0.296. The van der Waals surface area contributed by atoms with E-state index in [1.165, 1.54) is 0 Å². The van der Waals surface area contributed by atoms with Crippen molar-refractivity contribution in [2.24, 2.45) is 5.73 Å². The summed E-state index contributed by atoms with van der Waals surface area (Å²) in [6, 6.07) is 1.71. The van der Waals surface area contributed by atoms with E-state index in [0.717, 1.165) is 13.1 Å². The van der Waals surface area contributed by atoms with E-state index < -0.39 is 0 Å². The van der Waals surface area contributed by atoms with Crippen LogP contribution in [0.3, 0.4) is 0 Å². The summed E-state index contributed by atoms with van der Waals surface area (Å²) in [5.74, 6) is 0.646.